The Kier molecular flexibility index (Phi) is 6.88. The van der Waals surface area contributed by atoms with E-state index in [1.807, 2.05) is 0 Å². The Morgan fingerprint density at radius 1 is 1.38 bits per heavy atom. The highest BCUT2D eigenvalue weighted by atomic mass is 35.5. The molecule has 90 valence electrons. The molecule has 16 heavy (non-hydrogen) atoms. The van der Waals surface area contributed by atoms with E-state index in [0.29, 0.717) is 5.75 Å². The lowest BCUT2D eigenvalue weighted by Gasteiger charge is -2.15. The molecule has 0 aliphatic carbocycles. The number of hydrogen-bond acceptors (Lipinski definition) is 3. The average Bonchev–Trinajstić information content (AvgIpc) is 2.19. The number of aliphatic hydroxyl groups excluding tert-OH is 1. The number of aliphatic carboxylic acids is 1. The van der Waals surface area contributed by atoms with E-state index in [9.17, 15) is 4.79 Å². The van der Waals surface area contributed by atoms with Gasteiger partial charge >= 0.3 is 10.5 Å². The van der Waals surface area contributed by atoms with Gasteiger partial charge < -0.3 is 14.9 Å². The second-order valence-electron chi connectivity index (χ2n) is 2.55. The van der Waals surface area contributed by atoms with E-state index in [1.54, 1.807) is 37.3 Å². The highest BCUT2D eigenvalue weighted by Gasteiger charge is 2.36. The first-order valence-electron chi connectivity index (χ1n) is 4.40. The zero-order valence-corrected chi connectivity index (χ0v) is 10.1. The van der Waals surface area contributed by atoms with Gasteiger partial charge in [0.15, 0.2) is 0 Å². The summed E-state index contributed by atoms with van der Waals surface area (Å²) in [7, 11) is 0. The van der Waals surface area contributed by atoms with Crippen LogP contribution in [0.5, 0.6) is 5.75 Å². The van der Waals surface area contributed by atoms with Crippen molar-refractivity contribution in [3.63, 3.8) is 0 Å². The summed E-state index contributed by atoms with van der Waals surface area (Å²) in [6.45, 7) is 1.93. The molecule has 0 radical (unpaired) electrons. The fourth-order valence-corrected chi connectivity index (χ4v) is 0.858. The Hall–Kier alpha value is -0.970. The van der Waals surface area contributed by atoms with Crippen molar-refractivity contribution in [1.82, 2.24) is 0 Å². The van der Waals surface area contributed by atoms with Crippen LogP contribution in [-0.4, -0.2) is 27.3 Å². The first-order valence-corrected chi connectivity index (χ1v) is 5.15. The zero-order valence-electron chi connectivity index (χ0n) is 8.56. The van der Waals surface area contributed by atoms with Crippen molar-refractivity contribution < 1.29 is 19.7 Å². The summed E-state index contributed by atoms with van der Waals surface area (Å²) in [5, 5.41) is 16.1. The van der Waals surface area contributed by atoms with E-state index in [-0.39, 0.29) is 6.61 Å². The fourth-order valence-electron chi connectivity index (χ4n) is 0.680. The number of carbonyl (C=O) groups is 1. The van der Waals surface area contributed by atoms with Crippen LogP contribution in [0.4, 0.5) is 0 Å². The molecule has 0 bridgehead atoms. The summed E-state index contributed by atoms with van der Waals surface area (Å²) >= 11 is 10.7. The predicted molar refractivity (Wildman–Crippen MR) is 61.9 cm³/mol. The highest BCUT2D eigenvalue weighted by molar-refractivity contribution is 6.56. The fraction of sp³-hybridized carbons (Fsp3) is 0.300. The molecule has 0 atom stereocenters. The van der Waals surface area contributed by atoms with Gasteiger partial charge in [0.2, 0.25) is 0 Å². The third kappa shape index (κ3) is 5.80. The number of aliphatic hydroxyl groups is 1. The summed E-state index contributed by atoms with van der Waals surface area (Å²) in [4.78, 5) is 10.4. The summed E-state index contributed by atoms with van der Waals surface area (Å²) in [5.41, 5.74) is 0. The van der Waals surface area contributed by atoms with Crippen LogP contribution in [-0.2, 0) is 4.79 Å². The summed E-state index contributed by atoms with van der Waals surface area (Å²) in [6.07, 6.45) is 0. The molecule has 1 aromatic rings. The Morgan fingerprint density at radius 2 is 1.81 bits per heavy atom. The van der Waals surface area contributed by atoms with Crippen LogP contribution >= 0.6 is 23.2 Å². The van der Waals surface area contributed by atoms with Crippen molar-refractivity contribution in [2.45, 2.75) is 11.4 Å². The molecule has 0 saturated carbocycles. The zero-order chi connectivity index (χ0) is 12.6. The maximum Gasteiger partial charge on any atom is 0.381 e. The van der Waals surface area contributed by atoms with Gasteiger partial charge in [0.25, 0.3) is 0 Å². The van der Waals surface area contributed by atoms with Crippen molar-refractivity contribution >= 4 is 29.2 Å². The maximum atomic E-state index is 10.4. The van der Waals surface area contributed by atoms with E-state index in [2.05, 4.69) is 0 Å². The number of carboxylic acid groups (broad SMARTS) is 1. The number of para-hydroxylation sites is 1. The summed E-state index contributed by atoms with van der Waals surface area (Å²) in [5.74, 6) is -1.14. The number of carboxylic acids is 1. The number of rotatable bonds is 3. The van der Waals surface area contributed by atoms with Crippen LogP contribution < -0.4 is 4.74 Å². The topological polar surface area (TPSA) is 66.8 Å². The molecule has 2 N–H and O–H groups in total. The quantitative estimate of drug-likeness (QED) is 0.824. The third-order valence-electron chi connectivity index (χ3n) is 1.24. The van der Waals surface area contributed by atoms with E-state index < -0.39 is 10.5 Å². The number of hydrogen-bond donors (Lipinski definition) is 2. The van der Waals surface area contributed by atoms with E-state index in [4.69, 9.17) is 38.2 Å². The Morgan fingerprint density at radius 3 is 2.19 bits per heavy atom. The summed E-state index contributed by atoms with van der Waals surface area (Å²) in [6, 6.07) is 8.24. The lowest BCUT2D eigenvalue weighted by molar-refractivity contribution is -0.143. The van der Waals surface area contributed by atoms with Crippen molar-refractivity contribution in [2.75, 3.05) is 6.61 Å². The predicted octanol–water partition coefficient (Wildman–Crippen LogP) is 2.28. The molecule has 1 rings (SSSR count). The van der Waals surface area contributed by atoms with E-state index in [0.717, 1.165) is 0 Å². The molecule has 0 unspecified atom stereocenters. The number of halogens is 2. The minimum atomic E-state index is -2.23. The standard InChI is InChI=1S/C8H6Cl2O3.C2H6O/c9-8(10,7(11)12)13-6-4-2-1-3-5-6;1-2-3/h1-5H,(H,11,12);3H,2H2,1H3. The smallest absolute Gasteiger partial charge is 0.381 e. The Labute approximate surface area is 103 Å². The highest BCUT2D eigenvalue weighted by Crippen LogP contribution is 2.25. The number of alkyl halides is 2. The molecular formula is C10H12Cl2O4. The molecule has 4 nitrogen and oxygen atoms in total. The molecule has 0 spiro atoms. The second-order valence-corrected chi connectivity index (χ2v) is 3.81. The van der Waals surface area contributed by atoms with Crippen LogP contribution in [0, 0.1) is 0 Å². The van der Waals surface area contributed by atoms with Gasteiger partial charge in [-0.15, -0.1) is 0 Å². The first kappa shape index (κ1) is 15.0. The monoisotopic (exact) mass is 266 g/mol. The molecular weight excluding hydrogens is 255 g/mol. The molecule has 0 saturated heterocycles. The second kappa shape index (κ2) is 7.33. The van der Waals surface area contributed by atoms with Gasteiger partial charge in [-0.3, -0.25) is 0 Å². The van der Waals surface area contributed by atoms with Gasteiger partial charge in [0, 0.05) is 6.61 Å². The molecule has 0 aromatic heterocycles. The van der Waals surface area contributed by atoms with Gasteiger partial charge in [0.1, 0.15) is 5.75 Å². The summed E-state index contributed by atoms with van der Waals surface area (Å²) < 4.78 is 2.56. The minimum absolute atomic E-state index is 0.250. The van der Waals surface area contributed by atoms with E-state index >= 15 is 0 Å². The molecule has 0 fully saturated rings. The normalized spacial score (nSPS) is 10.0. The molecule has 0 aliphatic rings. The SMILES string of the molecule is CCO.O=C(O)C(Cl)(Cl)Oc1ccccc1. The van der Waals surface area contributed by atoms with E-state index in [1.165, 1.54) is 0 Å². The number of benzene rings is 1. The van der Waals surface area contributed by atoms with Crippen molar-refractivity contribution in [3.05, 3.63) is 30.3 Å². The molecule has 6 heteroatoms. The molecule has 0 aliphatic heterocycles. The van der Waals surface area contributed by atoms with Gasteiger partial charge in [-0.05, 0) is 42.3 Å². The minimum Gasteiger partial charge on any atom is -0.476 e. The van der Waals surface area contributed by atoms with Gasteiger partial charge in [-0.25, -0.2) is 4.79 Å². The first-order chi connectivity index (χ1) is 7.44. The van der Waals surface area contributed by atoms with Gasteiger partial charge in [-0.2, -0.15) is 0 Å². The molecule has 1 aromatic carbocycles. The van der Waals surface area contributed by atoms with Crippen molar-refractivity contribution in [1.29, 1.82) is 0 Å². The van der Waals surface area contributed by atoms with Crippen LogP contribution in [0.2, 0.25) is 0 Å². The van der Waals surface area contributed by atoms with Crippen LogP contribution in [0.1, 0.15) is 6.92 Å². The van der Waals surface area contributed by atoms with Gasteiger partial charge in [0.05, 0.1) is 0 Å². The van der Waals surface area contributed by atoms with Crippen LogP contribution in [0.3, 0.4) is 0 Å². The van der Waals surface area contributed by atoms with Crippen molar-refractivity contribution in [2.24, 2.45) is 0 Å². The Bertz CT molecular complexity index is 314. The van der Waals surface area contributed by atoms with Gasteiger partial charge in [-0.1, -0.05) is 18.2 Å². The van der Waals surface area contributed by atoms with Crippen LogP contribution in [0.25, 0.3) is 0 Å². The lowest BCUT2D eigenvalue weighted by atomic mass is 10.3. The van der Waals surface area contributed by atoms with Crippen molar-refractivity contribution in [3.8, 4) is 5.75 Å². The largest absolute Gasteiger partial charge is 0.476 e. The lowest BCUT2D eigenvalue weighted by Crippen LogP contribution is -2.32. The number of ether oxygens (including phenoxy) is 1. The molecule has 0 heterocycles. The van der Waals surface area contributed by atoms with Crippen LogP contribution in [0.15, 0.2) is 30.3 Å². The third-order valence-corrected chi connectivity index (χ3v) is 1.72. The Balaban J connectivity index is 0.000000673. The molecule has 0 amide bonds. The maximum absolute atomic E-state index is 10.4. The average molecular weight is 267 g/mol.